The minimum atomic E-state index is -3.62. The highest BCUT2D eigenvalue weighted by atomic mass is 32.2. The van der Waals surface area contributed by atoms with Crippen LogP contribution in [0.15, 0.2) is 65.6 Å². The van der Waals surface area contributed by atoms with E-state index in [1.807, 2.05) is 0 Å². The molecule has 11 nitrogen and oxygen atoms in total. The first kappa shape index (κ1) is 24.7. The lowest BCUT2D eigenvalue weighted by molar-refractivity contribution is 0.0730. The van der Waals surface area contributed by atoms with E-state index in [2.05, 4.69) is 20.6 Å². The number of nitrogens with one attached hydrogen (secondary N) is 1. The minimum Gasteiger partial charge on any atom is -0.475 e. The SMILES string of the molecule is O=C(NCCOc1ccc2nnc(-c3ccc(F)cc3)n2n1)c1ccc(S(=O)(=O)N2CCOCC2)cc1. The fraction of sp³-hybridized carbons (Fsp3) is 0.250. The number of hydrogen-bond acceptors (Lipinski definition) is 8. The third kappa shape index (κ3) is 5.43. The average molecular weight is 527 g/mol. The number of ether oxygens (including phenoxy) is 2. The molecule has 192 valence electrons. The molecule has 0 aliphatic carbocycles. The van der Waals surface area contributed by atoms with Crippen molar-refractivity contribution in [3.8, 4) is 17.3 Å². The molecule has 3 heterocycles. The molecule has 0 bridgehead atoms. The largest absolute Gasteiger partial charge is 0.475 e. The van der Waals surface area contributed by atoms with Gasteiger partial charge in [0, 0.05) is 30.3 Å². The van der Waals surface area contributed by atoms with E-state index in [4.69, 9.17) is 9.47 Å². The first-order valence-electron chi connectivity index (χ1n) is 11.5. The molecule has 2 aromatic heterocycles. The number of halogens is 1. The van der Waals surface area contributed by atoms with Gasteiger partial charge in [-0.25, -0.2) is 12.8 Å². The topological polar surface area (TPSA) is 128 Å². The Morgan fingerprint density at radius 1 is 1.00 bits per heavy atom. The molecule has 0 unspecified atom stereocenters. The number of benzene rings is 2. The molecule has 0 radical (unpaired) electrons. The molecule has 1 fully saturated rings. The molecular formula is C24H23FN6O5S. The number of rotatable bonds is 8. The van der Waals surface area contributed by atoms with Crippen molar-refractivity contribution >= 4 is 21.6 Å². The molecule has 0 spiro atoms. The number of hydrogen-bond donors (Lipinski definition) is 1. The van der Waals surface area contributed by atoms with E-state index in [-0.39, 0.29) is 29.8 Å². The maximum absolute atomic E-state index is 13.2. The van der Waals surface area contributed by atoms with Gasteiger partial charge in [-0.15, -0.1) is 15.3 Å². The van der Waals surface area contributed by atoms with Crippen molar-refractivity contribution in [2.45, 2.75) is 4.90 Å². The molecular weight excluding hydrogens is 503 g/mol. The maximum Gasteiger partial charge on any atom is 0.251 e. The second kappa shape index (κ2) is 10.6. The summed E-state index contributed by atoms with van der Waals surface area (Å²) in [5.41, 5.74) is 1.47. The molecule has 0 atom stereocenters. The van der Waals surface area contributed by atoms with E-state index < -0.39 is 10.0 Å². The normalized spacial score (nSPS) is 14.5. The number of fused-ring (bicyclic) bond motifs is 1. The summed E-state index contributed by atoms with van der Waals surface area (Å²) in [5, 5.41) is 15.3. The summed E-state index contributed by atoms with van der Waals surface area (Å²) in [4.78, 5) is 12.6. The maximum atomic E-state index is 13.2. The molecule has 2 aromatic carbocycles. The zero-order valence-corrected chi connectivity index (χ0v) is 20.4. The van der Waals surface area contributed by atoms with Gasteiger partial charge in [-0.05, 0) is 54.6 Å². The molecule has 1 N–H and O–H groups in total. The smallest absolute Gasteiger partial charge is 0.251 e. The number of carbonyl (C=O) groups excluding carboxylic acids is 1. The third-order valence-electron chi connectivity index (χ3n) is 5.70. The predicted octanol–water partition coefficient (Wildman–Crippen LogP) is 1.76. The standard InChI is InChI=1S/C24H23FN6O5S/c25-19-5-1-17(2-6-19)23-28-27-21-9-10-22(29-31(21)23)36-14-11-26-24(32)18-3-7-20(8-4-18)37(33,34)30-12-15-35-16-13-30/h1-10H,11-16H2,(H,26,32). The predicted molar refractivity (Wildman–Crippen MR) is 130 cm³/mol. The number of carbonyl (C=O) groups is 1. The lowest BCUT2D eigenvalue weighted by Gasteiger charge is -2.26. The van der Waals surface area contributed by atoms with Crippen LogP contribution < -0.4 is 10.1 Å². The molecule has 0 saturated carbocycles. The van der Waals surface area contributed by atoms with Crippen LogP contribution in [0.3, 0.4) is 0 Å². The van der Waals surface area contributed by atoms with Gasteiger partial charge in [0.15, 0.2) is 11.5 Å². The van der Waals surface area contributed by atoms with Crippen molar-refractivity contribution in [1.29, 1.82) is 0 Å². The zero-order chi connectivity index (χ0) is 25.8. The molecule has 5 rings (SSSR count). The van der Waals surface area contributed by atoms with Crippen LogP contribution in [-0.2, 0) is 14.8 Å². The molecule has 13 heteroatoms. The minimum absolute atomic E-state index is 0.129. The fourth-order valence-corrected chi connectivity index (χ4v) is 5.17. The number of morpholine rings is 1. The van der Waals surface area contributed by atoms with E-state index >= 15 is 0 Å². The van der Waals surface area contributed by atoms with Crippen molar-refractivity contribution in [3.05, 3.63) is 72.0 Å². The number of nitrogens with zero attached hydrogens (tertiary/aromatic N) is 5. The Morgan fingerprint density at radius 3 is 2.46 bits per heavy atom. The van der Waals surface area contributed by atoms with Crippen LogP contribution in [0.4, 0.5) is 4.39 Å². The summed E-state index contributed by atoms with van der Waals surface area (Å²) in [5.74, 6) is 0.0146. The number of aromatic nitrogens is 4. The van der Waals surface area contributed by atoms with Gasteiger partial charge < -0.3 is 14.8 Å². The Balaban J connectivity index is 1.16. The van der Waals surface area contributed by atoms with Crippen LogP contribution in [0.25, 0.3) is 17.0 Å². The van der Waals surface area contributed by atoms with Crippen molar-refractivity contribution in [1.82, 2.24) is 29.4 Å². The van der Waals surface area contributed by atoms with Gasteiger partial charge in [-0.3, -0.25) is 4.79 Å². The van der Waals surface area contributed by atoms with Gasteiger partial charge >= 0.3 is 0 Å². The van der Waals surface area contributed by atoms with E-state index in [9.17, 15) is 17.6 Å². The Hall–Kier alpha value is -3.94. The molecule has 1 aliphatic rings. The summed E-state index contributed by atoms with van der Waals surface area (Å²) in [6, 6.07) is 14.9. The highest BCUT2D eigenvalue weighted by Gasteiger charge is 2.26. The third-order valence-corrected chi connectivity index (χ3v) is 7.62. The molecule has 37 heavy (non-hydrogen) atoms. The molecule has 1 amide bonds. The lowest BCUT2D eigenvalue weighted by Crippen LogP contribution is -2.40. The zero-order valence-electron chi connectivity index (χ0n) is 19.6. The first-order valence-corrected chi connectivity index (χ1v) is 12.9. The summed E-state index contributed by atoms with van der Waals surface area (Å²) in [6.07, 6.45) is 0. The Kier molecular flexibility index (Phi) is 7.08. The number of amides is 1. The van der Waals surface area contributed by atoms with E-state index in [0.717, 1.165) is 0 Å². The van der Waals surface area contributed by atoms with Gasteiger partial charge in [-0.1, -0.05) is 0 Å². The Morgan fingerprint density at radius 2 is 1.73 bits per heavy atom. The van der Waals surface area contributed by atoms with Crippen LogP contribution >= 0.6 is 0 Å². The summed E-state index contributed by atoms with van der Waals surface area (Å²) in [6.45, 7) is 1.66. The van der Waals surface area contributed by atoms with E-state index in [0.29, 0.717) is 54.8 Å². The number of sulfonamides is 1. The average Bonchev–Trinajstić information content (AvgIpc) is 3.35. The summed E-state index contributed by atoms with van der Waals surface area (Å²) < 4.78 is 52.4. The molecule has 1 saturated heterocycles. The van der Waals surface area contributed by atoms with Crippen LogP contribution in [0.2, 0.25) is 0 Å². The highest BCUT2D eigenvalue weighted by molar-refractivity contribution is 7.89. The van der Waals surface area contributed by atoms with E-state index in [1.54, 1.807) is 24.3 Å². The molecule has 4 aromatic rings. The first-order chi connectivity index (χ1) is 17.9. The van der Waals surface area contributed by atoms with Crippen LogP contribution in [-0.4, -0.2) is 77.9 Å². The fourth-order valence-electron chi connectivity index (χ4n) is 3.76. The van der Waals surface area contributed by atoms with Crippen LogP contribution in [0.5, 0.6) is 5.88 Å². The Labute approximate surface area is 211 Å². The summed E-state index contributed by atoms with van der Waals surface area (Å²) >= 11 is 0. The van der Waals surface area contributed by atoms with Crippen molar-refractivity contribution in [2.75, 3.05) is 39.5 Å². The second-order valence-electron chi connectivity index (χ2n) is 8.12. The van der Waals surface area contributed by atoms with Gasteiger partial charge in [0.1, 0.15) is 12.4 Å². The summed E-state index contributed by atoms with van der Waals surface area (Å²) in [7, 11) is -3.62. The van der Waals surface area contributed by atoms with Crippen molar-refractivity contribution < 1.29 is 27.1 Å². The van der Waals surface area contributed by atoms with Crippen LogP contribution in [0.1, 0.15) is 10.4 Å². The van der Waals surface area contributed by atoms with Gasteiger partial charge in [0.2, 0.25) is 15.9 Å². The van der Waals surface area contributed by atoms with E-state index in [1.165, 1.54) is 45.2 Å². The van der Waals surface area contributed by atoms with Gasteiger partial charge in [0.25, 0.3) is 5.91 Å². The van der Waals surface area contributed by atoms with Crippen molar-refractivity contribution in [2.24, 2.45) is 0 Å². The Bertz CT molecular complexity index is 1500. The quantitative estimate of drug-likeness (QED) is 0.344. The van der Waals surface area contributed by atoms with Crippen LogP contribution in [0, 0.1) is 5.82 Å². The highest BCUT2D eigenvalue weighted by Crippen LogP contribution is 2.20. The monoisotopic (exact) mass is 526 g/mol. The van der Waals surface area contributed by atoms with Gasteiger partial charge in [-0.2, -0.15) is 8.82 Å². The second-order valence-corrected chi connectivity index (χ2v) is 10.1. The van der Waals surface area contributed by atoms with Crippen molar-refractivity contribution in [3.63, 3.8) is 0 Å². The molecule has 1 aliphatic heterocycles. The van der Waals surface area contributed by atoms with Gasteiger partial charge in [0.05, 0.1) is 24.7 Å². The lowest BCUT2D eigenvalue weighted by atomic mass is 10.2.